The number of ether oxygens (including phenoxy) is 2. The predicted molar refractivity (Wildman–Crippen MR) is 123 cm³/mol. The van der Waals surface area contributed by atoms with Crippen molar-refractivity contribution in [3.8, 4) is 0 Å². The SMILES string of the molecule is CC(C)OC(=O)c1cccc(NC2=C(Cl)C(=O)N(c3ccccc3C(=O)OC(C)C)C2=O)c1. The molecule has 0 saturated heterocycles. The van der Waals surface area contributed by atoms with Gasteiger partial charge in [0.2, 0.25) is 0 Å². The van der Waals surface area contributed by atoms with Crippen molar-refractivity contribution < 1.29 is 28.7 Å². The van der Waals surface area contributed by atoms with Crippen LogP contribution in [-0.4, -0.2) is 36.0 Å². The van der Waals surface area contributed by atoms with Gasteiger partial charge < -0.3 is 14.8 Å². The molecule has 0 bridgehead atoms. The zero-order valence-corrected chi connectivity index (χ0v) is 19.3. The third-order valence-electron chi connectivity index (χ3n) is 4.45. The Morgan fingerprint density at radius 3 is 2.18 bits per heavy atom. The molecule has 0 spiro atoms. The minimum Gasteiger partial charge on any atom is -0.459 e. The molecular formula is C24H23ClN2O6. The second-order valence-corrected chi connectivity index (χ2v) is 8.14. The molecule has 0 atom stereocenters. The Kier molecular flexibility index (Phi) is 7.18. The van der Waals surface area contributed by atoms with E-state index < -0.39 is 23.8 Å². The number of rotatable bonds is 7. The molecule has 33 heavy (non-hydrogen) atoms. The summed E-state index contributed by atoms with van der Waals surface area (Å²) in [6.07, 6.45) is -0.680. The topological polar surface area (TPSA) is 102 Å². The van der Waals surface area contributed by atoms with Gasteiger partial charge in [0.05, 0.1) is 29.0 Å². The van der Waals surface area contributed by atoms with Crippen LogP contribution in [0, 0.1) is 0 Å². The summed E-state index contributed by atoms with van der Waals surface area (Å²) >= 11 is 6.20. The van der Waals surface area contributed by atoms with Crippen molar-refractivity contribution in [2.75, 3.05) is 10.2 Å². The molecule has 3 rings (SSSR count). The van der Waals surface area contributed by atoms with Crippen molar-refractivity contribution in [2.45, 2.75) is 39.9 Å². The summed E-state index contributed by atoms with van der Waals surface area (Å²) in [6.45, 7) is 6.85. The van der Waals surface area contributed by atoms with Crippen LogP contribution in [0.2, 0.25) is 0 Å². The molecule has 0 radical (unpaired) electrons. The van der Waals surface area contributed by atoms with Gasteiger partial charge in [0.1, 0.15) is 10.7 Å². The van der Waals surface area contributed by atoms with E-state index in [1.54, 1.807) is 58.0 Å². The highest BCUT2D eigenvalue weighted by Crippen LogP contribution is 2.32. The van der Waals surface area contributed by atoms with Crippen molar-refractivity contribution in [1.29, 1.82) is 0 Å². The van der Waals surface area contributed by atoms with Gasteiger partial charge in [-0.15, -0.1) is 0 Å². The van der Waals surface area contributed by atoms with Gasteiger partial charge in [-0.05, 0) is 58.0 Å². The maximum atomic E-state index is 13.1. The molecule has 2 aromatic rings. The fourth-order valence-corrected chi connectivity index (χ4v) is 3.31. The summed E-state index contributed by atoms with van der Waals surface area (Å²) in [5.74, 6) is -2.73. The van der Waals surface area contributed by atoms with Crippen LogP contribution in [0.15, 0.2) is 59.3 Å². The minimum absolute atomic E-state index is 0.0528. The number of benzene rings is 2. The number of carbonyl (C=O) groups excluding carboxylic acids is 4. The molecule has 2 aromatic carbocycles. The van der Waals surface area contributed by atoms with Crippen LogP contribution in [0.5, 0.6) is 0 Å². The number of carbonyl (C=O) groups is 4. The van der Waals surface area contributed by atoms with Gasteiger partial charge in [-0.25, -0.2) is 14.5 Å². The number of halogens is 1. The van der Waals surface area contributed by atoms with Crippen molar-refractivity contribution in [3.63, 3.8) is 0 Å². The monoisotopic (exact) mass is 470 g/mol. The Labute approximate surface area is 196 Å². The molecule has 0 fully saturated rings. The lowest BCUT2D eigenvalue weighted by Crippen LogP contribution is -2.34. The molecule has 2 amide bonds. The summed E-state index contributed by atoms with van der Waals surface area (Å²) < 4.78 is 10.4. The number of para-hydroxylation sites is 1. The van der Waals surface area contributed by atoms with Crippen LogP contribution in [0.1, 0.15) is 48.4 Å². The fourth-order valence-electron chi connectivity index (χ4n) is 3.10. The Balaban J connectivity index is 1.89. The highest BCUT2D eigenvalue weighted by atomic mass is 35.5. The van der Waals surface area contributed by atoms with Crippen LogP contribution in [0.25, 0.3) is 0 Å². The third-order valence-corrected chi connectivity index (χ3v) is 4.80. The molecule has 0 saturated carbocycles. The second kappa shape index (κ2) is 9.87. The predicted octanol–water partition coefficient (Wildman–Crippen LogP) is 4.25. The molecule has 9 heteroatoms. The van der Waals surface area contributed by atoms with Gasteiger partial charge in [0.15, 0.2) is 0 Å². The third kappa shape index (κ3) is 5.23. The minimum atomic E-state index is -0.788. The largest absolute Gasteiger partial charge is 0.459 e. The van der Waals surface area contributed by atoms with Gasteiger partial charge in [-0.2, -0.15) is 0 Å². The summed E-state index contributed by atoms with van der Waals surface area (Å²) in [5.41, 5.74) is 0.556. The molecule has 1 aliphatic heterocycles. The van der Waals surface area contributed by atoms with E-state index in [-0.39, 0.29) is 39.8 Å². The van der Waals surface area contributed by atoms with Crippen molar-refractivity contribution in [1.82, 2.24) is 0 Å². The van der Waals surface area contributed by atoms with E-state index in [0.29, 0.717) is 5.69 Å². The standard InChI is InChI=1S/C24H23ClN2O6/c1-13(2)32-23(30)15-8-7-9-16(12-15)26-20-19(25)21(28)27(22(20)29)18-11-6-5-10-17(18)24(31)33-14(3)4/h5-14,26H,1-4H3. The average molecular weight is 471 g/mol. The van der Waals surface area contributed by atoms with Gasteiger partial charge in [0, 0.05) is 5.69 Å². The van der Waals surface area contributed by atoms with E-state index >= 15 is 0 Å². The van der Waals surface area contributed by atoms with E-state index in [1.807, 2.05) is 0 Å². The highest BCUT2D eigenvalue weighted by Gasteiger charge is 2.40. The number of hydrogen-bond donors (Lipinski definition) is 1. The van der Waals surface area contributed by atoms with Crippen LogP contribution in [0.4, 0.5) is 11.4 Å². The number of nitrogens with one attached hydrogen (secondary N) is 1. The number of esters is 2. The van der Waals surface area contributed by atoms with E-state index in [0.717, 1.165) is 4.90 Å². The molecule has 1 N–H and O–H groups in total. The number of anilines is 2. The Bertz CT molecular complexity index is 1160. The van der Waals surface area contributed by atoms with Crippen LogP contribution >= 0.6 is 11.6 Å². The first-order chi connectivity index (χ1) is 15.6. The molecule has 1 aliphatic rings. The van der Waals surface area contributed by atoms with Crippen molar-refractivity contribution >= 4 is 46.7 Å². The zero-order valence-electron chi connectivity index (χ0n) is 18.5. The van der Waals surface area contributed by atoms with E-state index in [4.69, 9.17) is 21.1 Å². The molecule has 8 nitrogen and oxygen atoms in total. The highest BCUT2D eigenvalue weighted by molar-refractivity contribution is 6.53. The normalized spacial score (nSPS) is 13.7. The summed E-state index contributed by atoms with van der Waals surface area (Å²) in [6, 6.07) is 12.4. The van der Waals surface area contributed by atoms with Gasteiger partial charge in [-0.3, -0.25) is 9.59 Å². The molecule has 172 valence electrons. The lowest BCUT2D eigenvalue weighted by Gasteiger charge is -2.19. The molecular weight excluding hydrogens is 448 g/mol. The van der Waals surface area contributed by atoms with Gasteiger partial charge in [-0.1, -0.05) is 29.8 Å². The number of imide groups is 1. The van der Waals surface area contributed by atoms with Crippen LogP contribution < -0.4 is 10.2 Å². The van der Waals surface area contributed by atoms with E-state index in [9.17, 15) is 19.2 Å². The van der Waals surface area contributed by atoms with Crippen molar-refractivity contribution in [3.05, 3.63) is 70.4 Å². The number of nitrogens with zero attached hydrogens (tertiary/aromatic N) is 1. The first-order valence-corrected chi connectivity index (χ1v) is 10.6. The van der Waals surface area contributed by atoms with Gasteiger partial charge >= 0.3 is 11.9 Å². The summed E-state index contributed by atoms with van der Waals surface area (Å²) in [5, 5.41) is 2.47. The van der Waals surface area contributed by atoms with Crippen LogP contribution in [0.3, 0.4) is 0 Å². The maximum Gasteiger partial charge on any atom is 0.340 e. The van der Waals surface area contributed by atoms with E-state index in [1.165, 1.54) is 18.2 Å². The lowest BCUT2D eigenvalue weighted by molar-refractivity contribution is -0.120. The Morgan fingerprint density at radius 2 is 1.52 bits per heavy atom. The molecule has 0 unspecified atom stereocenters. The van der Waals surface area contributed by atoms with E-state index in [2.05, 4.69) is 5.32 Å². The molecule has 0 aromatic heterocycles. The molecule has 0 aliphatic carbocycles. The first kappa shape index (κ1) is 24.0. The summed E-state index contributed by atoms with van der Waals surface area (Å²) in [7, 11) is 0. The first-order valence-electron chi connectivity index (χ1n) is 10.3. The Morgan fingerprint density at radius 1 is 0.879 bits per heavy atom. The average Bonchev–Trinajstić information content (AvgIpc) is 2.96. The number of hydrogen-bond acceptors (Lipinski definition) is 7. The zero-order chi connectivity index (χ0) is 24.3. The molecule has 1 heterocycles. The Hall–Kier alpha value is -3.65. The van der Waals surface area contributed by atoms with Gasteiger partial charge in [0.25, 0.3) is 11.8 Å². The smallest absolute Gasteiger partial charge is 0.340 e. The van der Waals surface area contributed by atoms with Crippen LogP contribution in [-0.2, 0) is 19.1 Å². The second-order valence-electron chi connectivity index (χ2n) is 7.77. The quantitative estimate of drug-likeness (QED) is 0.476. The maximum absolute atomic E-state index is 13.1. The van der Waals surface area contributed by atoms with Crippen molar-refractivity contribution in [2.24, 2.45) is 0 Å². The summed E-state index contributed by atoms with van der Waals surface area (Å²) in [4.78, 5) is 51.5. The lowest BCUT2D eigenvalue weighted by atomic mass is 10.1. The fraction of sp³-hybridized carbons (Fsp3) is 0.250. The number of amides is 2.